The monoisotopic (exact) mass is 615 g/mol. The van der Waals surface area contributed by atoms with Crippen LogP contribution in [0.2, 0.25) is 0 Å². The maximum Gasteiger partial charge on any atom is 0.0601 e. The van der Waals surface area contributed by atoms with Crippen LogP contribution in [0.15, 0.2) is 0 Å². The van der Waals surface area contributed by atoms with E-state index in [4.69, 9.17) is 0 Å². The van der Waals surface area contributed by atoms with Crippen molar-refractivity contribution in [2.24, 2.45) is 29.6 Å². The number of unbranched alkanes of at least 4 members (excludes halogenated alkanes) is 23. The highest BCUT2D eigenvalue weighted by Gasteiger charge is 2.40. The predicted molar refractivity (Wildman–Crippen MR) is 196 cm³/mol. The summed E-state index contributed by atoms with van der Waals surface area (Å²) in [6, 6.07) is 0. The fraction of sp³-hybridized carbons (Fsp3) is 1.00. The van der Waals surface area contributed by atoms with Gasteiger partial charge in [0.25, 0.3) is 0 Å². The lowest BCUT2D eigenvalue weighted by Gasteiger charge is -2.41. The highest BCUT2D eigenvalue weighted by atomic mass is 15.2. The van der Waals surface area contributed by atoms with Crippen LogP contribution in [0.4, 0.5) is 0 Å². The van der Waals surface area contributed by atoms with Crippen molar-refractivity contribution in [1.82, 2.24) is 10.6 Å². The highest BCUT2D eigenvalue weighted by Crippen LogP contribution is 2.49. The number of nitrogens with one attached hydrogen (secondary N) is 2. The zero-order valence-electron chi connectivity index (χ0n) is 30.5. The van der Waals surface area contributed by atoms with Gasteiger partial charge in [-0.05, 0) is 68.1 Å². The molecule has 0 aromatic carbocycles. The van der Waals surface area contributed by atoms with Crippen molar-refractivity contribution < 1.29 is 0 Å². The van der Waals surface area contributed by atoms with Crippen LogP contribution in [0.3, 0.4) is 0 Å². The SMILES string of the molecule is CCCCCCCCCCCCCCCCC1CNC(C2CCC3CC(CCCCCCCCCCCCC)CC3C2)NC1. The first kappa shape index (κ1) is 38.4. The summed E-state index contributed by atoms with van der Waals surface area (Å²) in [5, 5.41) is 7.99. The van der Waals surface area contributed by atoms with E-state index in [0.717, 1.165) is 29.6 Å². The van der Waals surface area contributed by atoms with Gasteiger partial charge in [-0.3, -0.25) is 0 Å². The Balaban J connectivity index is 1.10. The summed E-state index contributed by atoms with van der Waals surface area (Å²) in [7, 11) is 0. The molecule has 0 aromatic rings. The third-order valence-corrected chi connectivity index (χ3v) is 12.4. The Labute approximate surface area is 278 Å². The number of hydrogen-bond acceptors (Lipinski definition) is 2. The highest BCUT2D eigenvalue weighted by molar-refractivity contribution is 4.93. The second kappa shape index (κ2) is 25.9. The van der Waals surface area contributed by atoms with E-state index >= 15 is 0 Å². The minimum absolute atomic E-state index is 0.606. The predicted octanol–water partition coefficient (Wildman–Crippen LogP) is 13.1. The van der Waals surface area contributed by atoms with Crippen LogP contribution in [0, 0.1) is 29.6 Å². The van der Waals surface area contributed by atoms with Crippen LogP contribution >= 0.6 is 0 Å². The third kappa shape index (κ3) is 17.2. The molecule has 2 saturated carbocycles. The van der Waals surface area contributed by atoms with E-state index in [1.54, 1.807) is 12.8 Å². The molecule has 3 fully saturated rings. The fourth-order valence-corrected chi connectivity index (χ4v) is 9.45. The molecule has 1 aliphatic heterocycles. The molecular formula is C42H82N2. The Hall–Kier alpha value is -0.0800. The minimum Gasteiger partial charge on any atom is -0.301 e. The van der Waals surface area contributed by atoms with Crippen LogP contribution in [-0.4, -0.2) is 19.3 Å². The Morgan fingerprint density at radius 2 is 0.727 bits per heavy atom. The molecule has 1 heterocycles. The van der Waals surface area contributed by atoms with Crippen molar-refractivity contribution >= 4 is 0 Å². The van der Waals surface area contributed by atoms with Gasteiger partial charge in [0.1, 0.15) is 0 Å². The van der Waals surface area contributed by atoms with Crippen molar-refractivity contribution in [3.63, 3.8) is 0 Å². The average Bonchev–Trinajstić information content (AvgIpc) is 3.46. The van der Waals surface area contributed by atoms with Gasteiger partial charge in [0.2, 0.25) is 0 Å². The summed E-state index contributed by atoms with van der Waals surface area (Å²) < 4.78 is 0. The van der Waals surface area contributed by atoms with Gasteiger partial charge in [0.15, 0.2) is 0 Å². The van der Waals surface area contributed by atoms with Crippen LogP contribution in [0.25, 0.3) is 0 Å². The molecule has 0 amide bonds. The van der Waals surface area contributed by atoms with Crippen LogP contribution in [0.5, 0.6) is 0 Å². The van der Waals surface area contributed by atoms with E-state index in [1.165, 1.54) is 206 Å². The lowest BCUT2D eigenvalue weighted by Crippen LogP contribution is -2.57. The summed E-state index contributed by atoms with van der Waals surface area (Å²) in [4.78, 5) is 0. The fourth-order valence-electron chi connectivity index (χ4n) is 9.45. The molecule has 2 N–H and O–H groups in total. The molecule has 1 saturated heterocycles. The maximum absolute atomic E-state index is 3.99. The van der Waals surface area contributed by atoms with Crippen molar-refractivity contribution in [2.75, 3.05) is 13.1 Å². The van der Waals surface area contributed by atoms with Crippen LogP contribution < -0.4 is 10.6 Å². The molecule has 260 valence electrons. The van der Waals surface area contributed by atoms with Gasteiger partial charge < -0.3 is 10.6 Å². The standard InChI is InChI=1S/C42H82N2/c1-3-5-7-9-11-13-15-16-17-19-21-23-25-27-29-38-35-43-42(44-36-38)40-31-30-39-32-37(33-41(39)34-40)28-26-24-22-20-18-14-12-10-8-6-4-2/h37-44H,3-36H2,1-2H3. The molecule has 4 atom stereocenters. The third-order valence-electron chi connectivity index (χ3n) is 12.4. The first-order chi connectivity index (χ1) is 21.8. The number of fused-ring (bicyclic) bond motifs is 1. The molecular weight excluding hydrogens is 532 g/mol. The number of hydrogen-bond donors (Lipinski definition) is 2. The van der Waals surface area contributed by atoms with E-state index in [1.807, 2.05) is 0 Å². The second-order valence-corrected chi connectivity index (χ2v) is 16.3. The summed E-state index contributed by atoms with van der Waals surface area (Å²) in [6.45, 7) is 7.16. The molecule has 44 heavy (non-hydrogen) atoms. The molecule has 2 aliphatic carbocycles. The van der Waals surface area contributed by atoms with Crippen molar-refractivity contribution in [2.45, 2.75) is 225 Å². The van der Waals surface area contributed by atoms with E-state index in [0.29, 0.717) is 6.17 Å². The van der Waals surface area contributed by atoms with Gasteiger partial charge in [-0.25, -0.2) is 0 Å². The van der Waals surface area contributed by atoms with Gasteiger partial charge in [-0.15, -0.1) is 0 Å². The van der Waals surface area contributed by atoms with E-state index in [-0.39, 0.29) is 0 Å². The van der Waals surface area contributed by atoms with E-state index in [9.17, 15) is 0 Å². The molecule has 3 aliphatic rings. The largest absolute Gasteiger partial charge is 0.301 e. The molecule has 3 rings (SSSR count). The summed E-state index contributed by atoms with van der Waals surface area (Å²) in [5.41, 5.74) is 0. The second-order valence-electron chi connectivity index (χ2n) is 16.3. The van der Waals surface area contributed by atoms with Crippen molar-refractivity contribution in [3.05, 3.63) is 0 Å². The zero-order valence-corrected chi connectivity index (χ0v) is 30.5. The first-order valence-corrected chi connectivity index (χ1v) is 21.3. The Kier molecular flexibility index (Phi) is 22.6. The molecule has 2 heteroatoms. The van der Waals surface area contributed by atoms with Crippen LogP contribution in [0.1, 0.15) is 219 Å². The van der Waals surface area contributed by atoms with Crippen LogP contribution in [-0.2, 0) is 0 Å². The Bertz CT molecular complexity index is 625. The molecule has 0 bridgehead atoms. The van der Waals surface area contributed by atoms with E-state index < -0.39 is 0 Å². The maximum atomic E-state index is 3.99. The van der Waals surface area contributed by atoms with Gasteiger partial charge in [-0.2, -0.15) is 0 Å². The Morgan fingerprint density at radius 1 is 0.364 bits per heavy atom. The van der Waals surface area contributed by atoms with Gasteiger partial charge >= 0.3 is 0 Å². The summed E-state index contributed by atoms with van der Waals surface area (Å²) in [6.07, 6.45) is 47.9. The topological polar surface area (TPSA) is 24.1 Å². The molecule has 4 unspecified atom stereocenters. The summed E-state index contributed by atoms with van der Waals surface area (Å²) >= 11 is 0. The normalized spacial score (nSPS) is 27.1. The zero-order chi connectivity index (χ0) is 30.9. The molecule has 0 radical (unpaired) electrons. The van der Waals surface area contributed by atoms with Gasteiger partial charge in [0.05, 0.1) is 6.17 Å². The minimum atomic E-state index is 0.606. The van der Waals surface area contributed by atoms with E-state index in [2.05, 4.69) is 24.5 Å². The van der Waals surface area contributed by atoms with Crippen molar-refractivity contribution in [1.29, 1.82) is 0 Å². The summed E-state index contributed by atoms with van der Waals surface area (Å²) in [5.74, 6) is 4.92. The van der Waals surface area contributed by atoms with Crippen molar-refractivity contribution in [3.8, 4) is 0 Å². The smallest absolute Gasteiger partial charge is 0.0601 e. The van der Waals surface area contributed by atoms with Gasteiger partial charge in [0, 0.05) is 13.1 Å². The van der Waals surface area contributed by atoms with Gasteiger partial charge in [-0.1, -0.05) is 181 Å². The molecule has 2 nitrogen and oxygen atoms in total. The lowest BCUT2D eigenvalue weighted by atomic mass is 9.74. The Morgan fingerprint density at radius 3 is 1.18 bits per heavy atom. The quantitative estimate of drug-likeness (QED) is 0.0857. The molecule has 0 spiro atoms. The number of rotatable bonds is 28. The lowest BCUT2D eigenvalue weighted by molar-refractivity contribution is 0.131. The molecule has 0 aromatic heterocycles. The first-order valence-electron chi connectivity index (χ1n) is 21.3. The average molecular weight is 615 g/mol.